The van der Waals surface area contributed by atoms with Crippen molar-refractivity contribution < 1.29 is 9.32 Å². The SMILES string of the molecule is Cc1ccc(-c2noc(C3CC(=O)N(c4cccc(C(C)C)c4)C3)n2)cc1C. The first kappa shape index (κ1) is 18.4. The van der Waals surface area contributed by atoms with Crippen LogP contribution in [0, 0.1) is 13.8 Å². The van der Waals surface area contributed by atoms with E-state index in [9.17, 15) is 4.79 Å². The molecule has 2 aromatic carbocycles. The third kappa shape index (κ3) is 3.44. The first-order valence-electron chi connectivity index (χ1n) is 9.74. The smallest absolute Gasteiger partial charge is 0.232 e. The molecule has 1 aliphatic heterocycles. The Morgan fingerprint density at radius 2 is 1.93 bits per heavy atom. The van der Waals surface area contributed by atoms with E-state index in [0.717, 1.165) is 11.3 Å². The molecule has 5 nitrogen and oxygen atoms in total. The molecule has 144 valence electrons. The van der Waals surface area contributed by atoms with E-state index in [4.69, 9.17) is 4.52 Å². The summed E-state index contributed by atoms with van der Waals surface area (Å²) in [6.07, 6.45) is 0.389. The van der Waals surface area contributed by atoms with Gasteiger partial charge in [0.1, 0.15) is 0 Å². The van der Waals surface area contributed by atoms with Gasteiger partial charge in [0.05, 0.1) is 5.92 Å². The minimum absolute atomic E-state index is 0.0806. The third-order valence-corrected chi connectivity index (χ3v) is 5.53. The summed E-state index contributed by atoms with van der Waals surface area (Å²) in [5, 5.41) is 4.15. The zero-order valence-corrected chi connectivity index (χ0v) is 16.8. The zero-order valence-electron chi connectivity index (χ0n) is 16.8. The van der Waals surface area contributed by atoms with Crippen LogP contribution in [0.15, 0.2) is 47.0 Å². The molecule has 28 heavy (non-hydrogen) atoms. The van der Waals surface area contributed by atoms with Gasteiger partial charge >= 0.3 is 0 Å². The number of hydrogen-bond donors (Lipinski definition) is 0. The highest BCUT2D eigenvalue weighted by Crippen LogP contribution is 2.33. The molecule has 0 radical (unpaired) electrons. The summed E-state index contributed by atoms with van der Waals surface area (Å²) in [6.45, 7) is 9.02. The molecule has 0 bridgehead atoms. The maximum absolute atomic E-state index is 12.6. The molecule has 2 heterocycles. The van der Waals surface area contributed by atoms with E-state index in [0.29, 0.717) is 30.6 Å². The Labute approximate surface area is 165 Å². The van der Waals surface area contributed by atoms with Gasteiger partial charge in [-0.25, -0.2) is 0 Å². The highest BCUT2D eigenvalue weighted by Gasteiger charge is 2.35. The molecule has 0 saturated carbocycles. The number of hydrogen-bond acceptors (Lipinski definition) is 4. The van der Waals surface area contributed by atoms with Gasteiger partial charge in [-0.1, -0.05) is 43.3 Å². The van der Waals surface area contributed by atoms with Crippen molar-refractivity contribution >= 4 is 11.6 Å². The van der Waals surface area contributed by atoms with E-state index in [1.807, 2.05) is 23.1 Å². The number of aromatic nitrogens is 2. The molecule has 0 spiro atoms. The number of aryl methyl sites for hydroxylation is 2. The van der Waals surface area contributed by atoms with Crippen LogP contribution in [0.2, 0.25) is 0 Å². The van der Waals surface area contributed by atoms with Crippen molar-refractivity contribution in [3.05, 3.63) is 65.0 Å². The summed E-state index contributed by atoms with van der Waals surface area (Å²) in [6, 6.07) is 14.3. The van der Waals surface area contributed by atoms with E-state index in [2.05, 4.69) is 62.1 Å². The van der Waals surface area contributed by atoms with Crippen molar-refractivity contribution in [1.29, 1.82) is 0 Å². The molecular formula is C23H25N3O2. The number of carbonyl (C=O) groups excluding carboxylic acids is 1. The minimum Gasteiger partial charge on any atom is -0.339 e. The number of anilines is 1. The van der Waals surface area contributed by atoms with Crippen LogP contribution in [0.1, 0.15) is 54.7 Å². The van der Waals surface area contributed by atoms with Crippen molar-refractivity contribution in [3.8, 4) is 11.4 Å². The van der Waals surface area contributed by atoms with Crippen LogP contribution in [-0.2, 0) is 4.79 Å². The molecule has 1 saturated heterocycles. The monoisotopic (exact) mass is 375 g/mol. The van der Waals surface area contributed by atoms with E-state index < -0.39 is 0 Å². The summed E-state index contributed by atoms with van der Waals surface area (Å²) >= 11 is 0. The van der Waals surface area contributed by atoms with Crippen molar-refractivity contribution in [2.75, 3.05) is 11.4 Å². The predicted octanol–water partition coefficient (Wildman–Crippen LogP) is 5.00. The van der Waals surface area contributed by atoms with Crippen molar-refractivity contribution in [2.45, 2.75) is 46.0 Å². The van der Waals surface area contributed by atoms with E-state index in [1.54, 1.807) is 0 Å². The van der Waals surface area contributed by atoms with Crippen LogP contribution in [0.5, 0.6) is 0 Å². The molecule has 1 atom stereocenters. The average molecular weight is 375 g/mol. The van der Waals surface area contributed by atoms with Crippen LogP contribution in [0.3, 0.4) is 0 Å². The number of rotatable bonds is 4. The zero-order chi connectivity index (χ0) is 19.8. The van der Waals surface area contributed by atoms with Crippen molar-refractivity contribution in [3.63, 3.8) is 0 Å². The van der Waals surface area contributed by atoms with Crippen LogP contribution in [0.25, 0.3) is 11.4 Å². The Kier molecular flexibility index (Phi) is 4.75. The number of nitrogens with zero attached hydrogens (tertiary/aromatic N) is 3. The Morgan fingerprint density at radius 3 is 2.68 bits per heavy atom. The minimum atomic E-state index is -0.0806. The number of carbonyl (C=O) groups is 1. The van der Waals surface area contributed by atoms with Crippen LogP contribution in [0.4, 0.5) is 5.69 Å². The van der Waals surface area contributed by atoms with Gasteiger partial charge in [-0.3, -0.25) is 4.79 Å². The van der Waals surface area contributed by atoms with Gasteiger partial charge in [0.25, 0.3) is 0 Å². The Bertz CT molecular complexity index is 1020. The van der Waals surface area contributed by atoms with Gasteiger partial charge in [0.15, 0.2) is 0 Å². The molecule has 1 unspecified atom stereocenters. The fraction of sp³-hybridized carbons (Fsp3) is 0.348. The average Bonchev–Trinajstić information content (AvgIpc) is 3.31. The Hall–Kier alpha value is -2.95. The van der Waals surface area contributed by atoms with Gasteiger partial charge in [0, 0.05) is 24.2 Å². The Balaban J connectivity index is 1.55. The van der Waals surface area contributed by atoms with E-state index >= 15 is 0 Å². The normalized spacial score (nSPS) is 17.0. The first-order chi connectivity index (χ1) is 13.4. The lowest BCUT2D eigenvalue weighted by molar-refractivity contribution is -0.117. The van der Waals surface area contributed by atoms with E-state index in [1.165, 1.54) is 16.7 Å². The predicted molar refractivity (Wildman–Crippen MR) is 109 cm³/mol. The second-order valence-electron chi connectivity index (χ2n) is 7.91. The molecule has 3 aromatic rings. The topological polar surface area (TPSA) is 59.2 Å². The van der Waals surface area contributed by atoms with Crippen molar-refractivity contribution in [1.82, 2.24) is 10.1 Å². The standard InChI is InChI=1S/C23H25N3O2/c1-14(2)17-6-5-7-20(11-17)26-13-19(12-21(26)27)23-24-22(25-28-23)18-9-8-15(3)16(4)10-18/h5-11,14,19H,12-13H2,1-4H3. The summed E-state index contributed by atoms with van der Waals surface area (Å²) in [7, 11) is 0. The lowest BCUT2D eigenvalue weighted by Crippen LogP contribution is -2.24. The highest BCUT2D eigenvalue weighted by atomic mass is 16.5. The third-order valence-electron chi connectivity index (χ3n) is 5.53. The fourth-order valence-corrected chi connectivity index (χ4v) is 3.57. The molecule has 4 rings (SSSR count). The molecule has 1 aromatic heterocycles. The summed E-state index contributed by atoms with van der Waals surface area (Å²) < 4.78 is 5.53. The van der Waals surface area contributed by atoms with Gasteiger partial charge in [-0.05, 0) is 54.7 Å². The highest BCUT2D eigenvalue weighted by molar-refractivity contribution is 5.96. The second kappa shape index (κ2) is 7.23. The Morgan fingerprint density at radius 1 is 1.11 bits per heavy atom. The maximum Gasteiger partial charge on any atom is 0.232 e. The lowest BCUT2D eigenvalue weighted by atomic mass is 10.0. The molecule has 5 heteroatoms. The number of amides is 1. The summed E-state index contributed by atoms with van der Waals surface area (Å²) in [5.41, 5.74) is 5.52. The summed E-state index contributed by atoms with van der Waals surface area (Å²) in [5.74, 6) is 1.54. The first-order valence-corrected chi connectivity index (χ1v) is 9.74. The quantitative estimate of drug-likeness (QED) is 0.644. The van der Waals surface area contributed by atoms with Crippen LogP contribution < -0.4 is 4.90 Å². The molecule has 1 fully saturated rings. The van der Waals surface area contributed by atoms with Gasteiger partial charge in [0.2, 0.25) is 17.6 Å². The van der Waals surface area contributed by atoms with Gasteiger partial charge < -0.3 is 9.42 Å². The summed E-state index contributed by atoms with van der Waals surface area (Å²) in [4.78, 5) is 19.0. The fourth-order valence-electron chi connectivity index (χ4n) is 3.57. The maximum atomic E-state index is 12.6. The molecule has 0 N–H and O–H groups in total. The molecule has 1 aliphatic rings. The van der Waals surface area contributed by atoms with Crippen LogP contribution >= 0.6 is 0 Å². The lowest BCUT2D eigenvalue weighted by Gasteiger charge is -2.18. The second-order valence-corrected chi connectivity index (χ2v) is 7.91. The molecular weight excluding hydrogens is 350 g/mol. The van der Waals surface area contributed by atoms with Gasteiger partial charge in [-0.15, -0.1) is 0 Å². The number of benzene rings is 2. The molecule has 1 amide bonds. The largest absolute Gasteiger partial charge is 0.339 e. The van der Waals surface area contributed by atoms with Gasteiger partial charge in [-0.2, -0.15) is 4.98 Å². The van der Waals surface area contributed by atoms with Crippen molar-refractivity contribution in [2.24, 2.45) is 0 Å². The van der Waals surface area contributed by atoms with E-state index in [-0.39, 0.29) is 11.8 Å². The van der Waals surface area contributed by atoms with Crippen LogP contribution in [-0.4, -0.2) is 22.6 Å². The molecule has 0 aliphatic carbocycles.